The van der Waals surface area contributed by atoms with Gasteiger partial charge < -0.3 is 5.32 Å². The summed E-state index contributed by atoms with van der Waals surface area (Å²) in [5.74, 6) is -0.296. The Morgan fingerprint density at radius 3 is 2.61 bits per heavy atom. The van der Waals surface area contributed by atoms with E-state index >= 15 is 0 Å². The third-order valence-corrected chi connectivity index (χ3v) is 2.49. The minimum atomic E-state index is -0.628. The quantitative estimate of drug-likeness (QED) is 0.825. The molecule has 2 rings (SSSR count). The van der Waals surface area contributed by atoms with Gasteiger partial charge in [-0.15, -0.1) is 0 Å². The number of aromatic nitrogens is 5. The maximum Gasteiger partial charge on any atom is 0.272 e. The fraction of sp³-hybridized carbons (Fsp3) is 0.364. The highest BCUT2D eigenvalue weighted by Crippen LogP contribution is 2.16. The zero-order valence-electron chi connectivity index (χ0n) is 10.4. The fourth-order valence-corrected chi connectivity index (χ4v) is 1.42. The number of carbonyl (C=O) groups excluding carboxylic acids is 1. The summed E-state index contributed by atoms with van der Waals surface area (Å²) in [5, 5.41) is 13.0. The van der Waals surface area contributed by atoms with E-state index in [-0.39, 0.29) is 11.6 Å². The van der Waals surface area contributed by atoms with E-state index in [9.17, 15) is 4.79 Å². The summed E-state index contributed by atoms with van der Waals surface area (Å²) in [6.45, 7) is 5.49. The van der Waals surface area contributed by atoms with Gasteiger partial charge in [0.1, 0.15) is 11.4 Å². The Hall–Kier alpha value is -2.31. The summed E-state index contributed by atoms with van der Waals surface area (Å²) < 4.78 is 0. The fourth-order valence-electron chi connectivity index (χ4n) is 1.42. The Balaban J connectivity index is 2.14. The second kappa shape index (κ2) is 4.52. The molecule has 2 aromatic rings. The second-order valence-corrected chi connectivity index (χ2v) is 4.48. The first-order chi connectivity index (χ1) is 8.49. The van der Waals surface area contributed by atoms with Crippen molar-refractivity contribution in [2.75, 3.05) is 0 Å². The van der Waals surface area contributed by atoms with Crippen molar-refractivity contribution in [1.82, 2.24) is 30.7 Å². The molecule has 0 unspecified atom stereocenters. The summed E-state index contributed by atoms with van der Waals surface area (Å²) >= 11 is 0. The maximum absolute atomic E-state index is 12.0. The first-order valence-electron chi connectivity index (χ1n) is 5.46. The molecule has 0 atom stereocenters. The van der Waals surface area contributed by atoms with Crippen LogP contribution in [0.3, 0.4) is 0 Å². The molecule has 94 valence electrons. The van der Waals surface area contributed by atoms with Crippen LogP contribution in [-0.4, -0.2) is 31.3 Å². The molecule has 2 N–H and O–H groups in total. The van der Waals surface area contributed by atoms with Gasteiger partial charge in [0.05, 0.1) is 23.6 Å². The molecule has 18 heavy (non-hydrogen) atoms. The summed E-state index contributed by atoms with van der Waals surface area (Å²) in [5.41, 5.74) is 1.06. The number of aryl methyl sites for hydroxylation is 1. The van der Waals surface area contributed by atoms with Gasteiger partial charge in [0, 0.05) is 6.20 Å². The van der Waals surface area contributed by atoms with E-state index in [1.165, 1.54) is 6.20 Å². The first-order valence-corrected chi connectivity index (χ1v) is 5.46. The van der Waals surface area contributed by atoms with E-state index in [0.717, 1.165) is 5.69 Å². The largest absolute Gasteiger partial charge is 0.340 e. The standard InChI is InChI=1S/C11H14N6O/c1-7-4-13-8(5-12-7)10(18)15-11(2,3)9-6-14-17-16-9/h4-6H,1-3H3,(H,15,18)(H,14,16,17). The minimum Gasteiger partial charge on any atom is -0.340 e. The molecule has 1 amide bonds. The summed E-state index contributed by atoms with van der Waals surface area (Å²) in [6, 6.07) is 0. The molecule has 2 aromatic heterocycles. The number of nitrogens with zero attached hydrogens (tertiary/aromatic N) is 4. The van der Waals surface area contributed by atoms with Gasteiger partial charge in [-0.25, -0.2) is 4.98 Å². The Morgan fingerprint density at radius 1 is 1.28 bits per heavy atom. The van der Waals surface area contributed by atoms with Crippen molar-refractivity contribution in [2.24, 2.45) is 0 Å². The zero-order chi connectivity index (χ0) is 13.2. The van der Waals surface area contributed by atoms with E-state index in [1.807, 2.05) is 20.8 Å². The molecule has 0 aliphatic carbocycles. The van der Waals surface area contributed by atoms with Crippen LogP contribution in [0.25, 0.3) is 0 Å². The number of rotatable bonds is 3. The number of nitrogens with one attached hydrogen (secondary N) is 2. The molecule has 0 fully saturated rings. The highest BCUT2D eigenvalue weighted by Gasteiger charge is 2.26. The molecule has 7 nitrogen and oxygen atoms in total. The minimum absolute atomic E-state index is 0.275. The lowest BCUT2D eigenvalue weighted by Crippen LogP contribution is -2.41. The van der Waals surface area contributed by atoms with E-state index in [2.05, 4.69) is 30.7 Å². The zero-order valence-corrected chi connectivity index (χ0v) is 10.4. The molecule has 0 aliphatic heterocycles. The molecular weight excluding hydrogens is 232 g/mol. The van der Waals surface area contributed by atoms with Crippen LogP contribution in [0.1, 0.15) is 35.7 Å². The number of carbonyl (C=O) groups is 1. The van der Waals surface area contributed by atoms with Crippen LogP contribution in [-0.2, 0) is 5.54 Å². The van der Waals surface area contributed by atoms with E-state index in [0.29, 0.717) is 5.69 Å². The smallest absolute Gasteiger partial charge is 0.272 e. The lowest BCUT2D eigenvalue weighted by molar-refractivity contribution is 0.0904. The predicted molar refractivity (Wildman–Crippen MR) is 63.6 cm³/mol. The van der Waals surface area contributed by atoms with Crippen molar-refractivity contribution in [3.8, 4) is 0 Å². The molecule has 0 radical (unpaired) electrons. The maximum atomic E-state index is 12.0. The van der Waals surface area contributed by atoms with Crippen LogP contribution in [0.5, 0.6) is 0 Å². The Labute approximate surface area is 104 Å². The van der Waals surface area contributed by atoms with Gasteiger partial charge in [-0.1, -0.05) is 0 Å². The summed E-state index contributed by atoms with van der Waals surface area (Å²) in [4.78, 5) is 20.1. The number of hydrogen-bond acceptors (Lipinski definition) is 5. The predicted octanol–water partition coefficient (Wildman–Crippen LogP) is 0.568. The van der Waals surface area contributed by atoms with E-state index in [4.69, 9.17) is 0 Å². The Kier molecular flexibility index (Phi) is 3.05. The average Bonchev–Trinajstić information content (AvgIpc) is 2.83. The molecule has 0 saturated heterocycles. The SMILES string of the molecule is Cc1cnc(C(=O)NC(C)(C)c2cn[nH]n2)cn1. The molecule has 2 heterocycles. The molecule has 0 saturated carbocycles. The van der Waals surface area contributed by atoms with Gasteiger partial charge in [-0.05, 0) is 20.8 Å². The van der Waals surface area contributed by atoms with Crippen LogP contribution >= 0.6 is 0 Å². The first kappa shape index (κ1) is 12.2. The Bertz CT molecular complexity index is 531. The molecule has 0 spiro atoms. The highest BCUT2D eigenvalue weighted by molar-refractivity contribution is 5.92. The number of amides is 1. The number of hydrogen-bond donors (Lipinski definition) is 2. The van der Waals surface area contributed by atoms with Crippen LogP contribution < -0.4 is 5.32 Å². The normalized spacial score (nSPS) is 11.3. The van der Waals surface area contributed by atoms with Gasteiger partial charge in [0.15, 0.2) is 0 Å². The number of H-pyrrole nitrogens is 1. The van der Waals surface area contributed by atoms with Gasteiger partial charge in [0.2, 0.25) is 0 Å². The van der Waals surface area contributed by atoms with Crippen molar-refractivity contribution >= 4 is 5.91 Å². The molecule has 0 aromatic carbocycles. The van der Waals surface area contributed by atoms with E-state index in [1.54, 1.807) is 12.4 Å². The highest BCUT2D eigenvalue weighted by atomic mass is 16.2. The third kappa shape index (κ3) is 2.50. The van der Waals surface area contributed by atoms with Crippen molar-refractivity contribution in [2.45, 2.75) is 26.3 Å². The monoisotopic (exact) mass is 246 g/mol. The van der Waals surface area contributed by atoms with Crippen LogP contribution in [0.4, 0.5) is 0 Å². The van der Waals surface area contributed by atoms with Crippen molar-refractivity contribution < 1.29 is 4.79 Å². The molecule has 0 bridgehead atoms. The Morgan fingerprint density at radius 2 is 2.06 bits per heavy atom. The van der Waals surface area contributed by atoms with Crippen LogP contribution in [0, 0.1) is 6.92 Å². The van der Waals surface area contributed by atoms with E-state index < -0.39 is 5.54 Å². The lowest BCUT2D eigenvalue weighted by Gasteiger charge is -2.23. The number of aromatic amines is 1. The molecule has 7 heteroatoms. The third-order valence-electron chi connectivity index (χ3n) is 2.49. The summed E-state index contributed by atoms with van der Waals surface area (Å²) in [7, 11) is 0. The van der Waals surface area contributed by atoms with Crippen molar-refractivity contribution in [3.63, 3.8) is 0 Å². The van der Waals surface area contributed by atoms with Gasteiger partial charge in [0.25, 0.3) is 5.91 Å². The van der Waals surface area contributed by atoms with Gasteiger partial charge in [-0.2, -0.15) is 15.4 Å². The van der Waals surface area contributed by atoms with Crippen LogP contribution in [0.15, 0.2) is 18.6 Å². The molecule has 0 aliphatic rings. The summed E-state index contributed by atoms with van der Waals surface area (Å²) in [6.07, 6.45) is 4.57. The van der Waals surface area contributed by atoms with Crippen molar-refractivity contribution in [1.29, 1.82) is 0 Å². The topological polar surface area (TPSA) is 96.5 Å². The second-order valence-electron chi connectivity index (χ2n) is 4.48. The molecular formula is C11H14N6O. The van der Waals surface area contributed by atoms with Crippen LogP contribution in [0.2, 0.25) is 0 Å². The van der Waals surface area contributed by atoms with Gasteiger partial charge >= 0.3 is 0 Å². The average molecular weight is 246 g/mol. The van der Waals surface area contributed by atoms with Gasteiger partial charge in [-0.3, -0.25) is 9.78 Å². The van der Waals surface area contributed by atoms with Crippen molar-refractivity contribution in [3.05, 3.63) is 35.7 Å². The lowest BCUT2D eigenvalue weighted by atomic mass is 10.0.